The average molecular weight is 527 g/mol. The molecule has 0 aliphatic carbocycles. The van der Waals surface area contributed by atoms with Crippen molar-refractivity contribution in [1.29, 1.82) is 0 Å². The van der Waals surface area contributed by atoms with Crippen molar-refractivity contribution in [2.75, 3.05) is 6.54 Å². The fourth-order valence-corrected chi connectivity index (χ4v) is 6.31. The molecule has 0 radical (unpaired) electrons. The summed E-state index contributed by atoms with van der Waals surface area (Å²) in [5, 5.41) is 9.29. The smallest absolute Gasteiger partial charge is 0.416 e. The largest absolute Gasteiger partial charge is 0.480 e. The van der Waals surface area contributed by atoms with Gasteiger partial charge in [0.05, 0.1) is 16.2 Å². The number of carbonyl (C=O) groups is 1. The zero-order chi connectivity index (χ0) is 25.4. The Balaban J connectivity index is 1.43. The summed E-state index contributed by atoms with van der Waals surface area (Å²) < 4.78 is 70.7. The van der Waals surface area contributed by atoms with Crippen LogP contribution >= 0.6 is 11.8 Å². The molecule has 186 valence electrons. The van der Waals surface area contributed by atoms with Gasteiger partial charge >= 0.3 is 12.1 Å². The van der Waals surface area contributed by atoms with Gasteiger partial charge in [0.2, 0.25) is 15.9 Å². The molecule has 0 spiro atoms. The summed E-state index contributed by atoms with van der Waals surface area (Å²) in [4.78, 5) is 16.6. The number of alkyl halides is 3. The summed E-state index contributed by atoms with van der Waals surface area (Å²) in [5.41, 5.74) is 0.283. The summed E-state index contributed by atoms with van der Waals surface area (Å²) in [5.74, 6) is -0.0148. The third kappa shape index (κ3) is 5.39. The van der Waals surface area contributed by atoms with Crippen molar-refractivity contribution in [3.05, 3.63) is 65.5 Å². The second-order valence-electron chi connectivity index (χ2n) is 7.97. The molecule has 4 rings (SSSR count). The quantitative estimate of drug-likeness (QED) is 0.423. The van der Waals surface area contributed by atoms with Crippen molar-refractivity contribution < 1.29 is 35.9 Å². The van der Waals surface area contributed by atoms with E-state index in [-0.39, 0.29) is 23.8 Å². The molecule has 7 nitrogen and oxygen atoms in total. The number of aliphatic carboxylic acids is 1. The molecule has 1 aromatic heterocycles. The lowest BCUT2D eigenvalue weighted by molar-refractivity contribution is -0.140. The van der Waals surface area contributed by atoms with Crippen molar-refractivity contribution in [2.45, 2.75) is 47.5 Å². The lowest BCUT2D eigenvalue weighted by Crippen LogP contribution is -2.40. The number of carboxylic acids is 1. The van der Waals surface area contributed by atoms with E-state index in [1.54, 1.807) is 19.1 Å². The lowest BCUT2D eigenvalue weighted by atomic mass is 10.1. The number of aromatic nitrogens is 1. The number of benzene rings is 2. The zero-order valence-corrected chi connectivity index (χ0v) is 20.1. The number of hydrogen-bond donors (Lipinski definition) is 1. The highest BCUT2D eigenvalue weighted by Gasteiger charge is 2.39. The van der Waals surface area contributed by atoms with Crippen LogP contribution in [0.4, 0.5) is 13.2 Å². The molecule has 1 N–H and O–H groups in total. The van der Waals surface area contributed by atoms with Crippen LogP contribution in [-0.2, 0) is 26.7 Å². The molecule has 1 aliphatic heterocycles. The van der Waals surface area contributed by atoms with Crippen LogP contribution in [0.2, 0.25) is 0 Å². The Labute approximate surface area is 204 Å². The molecule has 1 atom stereocenters. The maximum atomic E-state index is 12.9. The number of nitrogens with zero attached hydrogens (tertiary/aromatic N) is 2. The van der Waals surface area contributed by atoms with E-state index in [2.05, 4.69) is 4.98 Å². The summed E-state index contributed by atoms with van der Waals surface area (Å²) in [6, 6.07) is 9.66. The summed E-state index contributed by atoms with van der Waals surface area (Å²) in [7, 11) is -3.92. The van der Waals surface area contributed by atoms with Crippen LogP contribution in [0.1, 0.15) is 29.9 Å². The second-order valence-corrected chi connectivity index (χ2v) is 10.9. The van der Waals surface area contributed by atoms with Crippen LogP contribution in [0.5, 0.6) is 0 Å². The summed E-state index contributed by atoms with van der Waals surface area (Å²) in [6.45, 7) is 1.88. The molecular weight excluding hydrogens is 505 g/mol. The predicted molar refractivity (Wildman–Crippen MR) is 122 cm³/mol. The average Bonchev–Trinajstić information content (AvgIpc) is 3.45. The summed E-state index contributed by atoms with van der Waals surface area (Å²) >= 11 is 1.39. The van der Waals surface area contributed by atoms with E-state index in [0.717, 1.165) is 21.3 Å². The number of aryl methyl sites for hydroxylation is 1. The molecule has 0 unspecified atom stereocenters. The molecule has 3 aromatic rings. The van der Waals surface area contributed by atoms with Crippen molar-refractivity contribution in [2.24, 2.45) is 0 Å². The fraction of sp³-hybridized carbons (Fsp3) is 0.304. The van der Waals surface area contributed by atoms with Gasteiger partial charge in [-0.1, -0.05) is 0 Å². The number of sulfonamides is 1. The van der Waals surface area contributed by atoms with Gasteiger partial charge in [-0.2, -0.15) is 17.5 Å². The van der Waals surface area contributed by atoms with Crippen LogP contribution in [0.15, 0.2) is 62.7 Å². The second kappa shape index (κ2) is 9.67. The van der Waals surface area contributed by atoms with Gasteiger partial charge in [-0.15, -0.1) is 11.8 Å². The van der Waals surface area contributed by atoms with E-state index in [9.17, 15) is 31.5 Å². The first-order chi connectivity index (χ1) is 16.5. The number of carboxylic acid groups (broad SMARTS) is 1. The first kappa shape index (κ1) is 25.3. The molecule has 12 heteroatoms. The first-order valence-electron chi connectivity index (χ1n) is 10.6. The Kier molecular flexibility index (Phi) is 6.98. The summed E-state index contributed by atoms with van der Waals surface area (Å²) in [6.07, 6.45) is -3.64. The maximum Gasteiger partial charge on any atom is 0.416 e. The molecule has 1 aliphatic rings. The number of thioether (sulfide) groups is 1. The third-order valence-corrected chi connectivity index (χ3v) is 8.59. The molecule has 2 aromatic carbocycles. The molecule has 0 bridgehead atoms. The van der Waals surface area contributed by atoms with Gasteiger partial charge in [0.1, 0.15) is 11.8 Å². The van der Waals surface area contributed by atoms with Gasteiger partial charge in [-0.3, -0.25) is 4.79 Å². The van der Waals surface area contributed by atoms with Crippen molar-refractivity contribution in [3.63, 3.8) is 0 Å². The van der Waals surface area contributed by atoms with E-state index >= 15 is 0 Å². The molecule has 2 heterocycles. The minimum Gasteiger partial charge on any atom is -0.480 e. The fourth-order valence-electron chi connectivity index (χ4n) is 3.76. The van der Waals surface area contributed by atoms with E-state index in [4.69, 9.17) is 4.42 Å². The molecule has 35 heavy (non-hydrogen) atoms. The van der Waals surface area contributed by atoms with Gasteiger partial charge in [-0.25, -0.2) is 13.4 Å². The Morgan fingerprint density at radius 3 is 2.43 bits per heavy atom. The molecular formula is C23H21F3N2O5S2. The minimum absolute atomic E-state index is 0.0252. The highest BCUT2D eigenvalue weighted by atomic mass is 32.2. The number of rotatable bonds is 7. The number of halogens is 3. The normalized spacial score (nSPS) is 17.1. The van der Waals surface area contributed by atoms with Gasteiger partial charge in [-0.05, 0) is 68.3 Å². The topological polar surface area (TPSA) is 101 Å². The third-order valence-electron chi connectivity index (χ3n) is 5.65. The SMILES string of the molecule is Cc1oc(-c2ccc(C(F)(F)F)cc2)nc1CSc1ccc(S(=O)(=O)N2CCC[C@@H]2C(=O)O)cc1. The molecule has 0 saturated carbocycles. The molecule has 1 saturated heterocycles. The Hall–Kier alpha value is -2.83. The van der Waals surface area contributed by atoms with E-state index in [1.165, 1.54) is 36.0 Å². The lowest BCUT2D eigenvalue weighted by Gasteiger charge is -2.21. The Bertz CT molecular complexity index is 1320. The Morgan fingerprint density at radius 1 is 1.17 bits per heavy atom. The van der Waals surface area contributed by atoms with Gasteiger partial charge in [0.15, 0.2) is 0 Å². The van der Waals surface area contributed by atoms with Gasteiger partial charge in [0, 0.05) is 22.8 Å². The van der Waals surface area contributed by atoms with E-state index < -0.39 is 33.8 Å². The molecule has 0 amide bonds. The highest BCUT2D eigenvalue weighted by molar-refractivity contribution is 7.98. The van der Waals surface area contributed by atoms with E-state index in [0.29, 0.717) is 29.2 Å². The number of hydrogen-bond acceptors (Lipinski definition) is 6. The van der Waals surface area contributed by atoms with Gasteiger partial charge in [0.25, 0.3) is 0 Å². The monoisotopic (exact) mass is 526 g/mol. The van der Waals surface area contributed by atoms with Crippen LogP contribution in [0.25, 0.3) is 11.5 Å². The predicted octanol–water partition coefficient (Wildman–Crippen LogP) is 5.20. The van der Waals surface area contributed by atoms with Crippen LogP contribution in [-0.4, -0.2) is 41.4 Å². The van der Waals surface area contributed by atoms with Crippen molar-refractivity contribution in [3.8, 4) is 11.5 Å². The van der Waals surface area contributed by atoms with Crippen LogP contribution in [0.3, 0.4) is 0 Å². The first-order valence-corrected chi connectivity index (χ1v) is 13.0. The maximum absolute atomic E-state index is 12.9. The number of oxazole rings is 1. The molecule has 1 fully saturated rings. The van der Waals surface area contributed by atoms with Crippen LogP contribution < -0.4 is 0 Å². The Morgan fingerprint density at radius 2 is 1.83 bits per heavy atom. The highest BCUT2D eigenvalue weighted by Crippen LogP contribution is 2.33. The van der Waals surface area contributed by atoms with Gasteiger partial charge < -0.3 is 9.52 Å². The minimum atomic E-state index is -4.42. The van der Waals surface area contributed by atoms with Crippen molar-refractivity contribution >= 4 is 27.8 Å². The standard InChI is InChI=1S/C23H21F3N2O5S2/c1-14-19(27-21(33-14)15-4-6-16(7-5-15)23(24,25)26)13-34-17-8-10-18(11-9-17)35(31,32)28-12-2-3-20(28)22(29)30/h4-11,20H,2-3,12-13H2,1H3,(H,29,30)/t20-/m1/s1. The van der Waals surface area contributed by atoms with Crippen LogP contribution in [0, 0.1) is 6.92 Å². The van der Waals surface area contributed by atoms with E-state index in [1.807, 2.05) is 0 Å². The van der Waals surface area contributed by atoms with Crippen molar-refractivity contribution in [1.82, 2.24) is 9.29 Å². The zero-order valence-electron chi connectivity index (χ0n) is 18.4.